The number of pyridine rings is 1. The van der Waals surface area contributed by atoms with Crippen LogP contribution in [0.2, 0.25) is 0 Å². The average molecular weight is 466 g/mol. The van der Waals surface area contributed by atoms with Gasteiger partial charge in [-0.3, -0.25) is 4.79 Å². The number of fused-ring (bicyclic) bond motifs is 1. The van der Waals surface area contributed by atoms with E-state index in [1.165, 1.54) is 6.07 Å². The molecule has 0 atom stereocenters. The molecule has 3 aromatic rings. The molecule has 0 spiro atoms. The van der Waals surface area contributed by atoms with Crippen molar-refractivity contribution in [3.63, 3.8) is 0 Å². The van der Waals surface area contributed by atoms with E-state index in [0.29, 0.717) is 28.1 Å². The highest BCUT2D eigenvalue weighted by molar-refractivity contribution is 7.91. The van der Waals surface area contributed by atoms with Crippen LogP contribution in [0.15, 0.2) is 32.4 Å². The normalized spacial score (nSPS) is 15.2. The third-order valence-electron chi connectivity index (χ3n) is 5.96. The molecule has 172 valence electrons. The van der Waals surface area contributed by atoms with Gasteiger partial charge in [-0.25, -0.2) is 17.2 Å². The van der Waals surface area contributed by atoms with Crippen molar-refractivity contribution in [1.82, 2.24) is 10.1 Å². The maximum absolute atomic E-state index is 13.5. The Morgan fingerprint density at radius 3 is 2.56 bits per heavy atom. The number of aryl methyl sites for hydroxylation is 2. The zero-order valence-electron chi connectivity index (χ0n) is 17.9. The number of anilines is 1. The average Bonchev–Trinajstić information content (AvgIpc) is 3.34. The number of alkyl halides is 2. The van der Waals surface area contributed by atoms with Gasteiger partial charge in [0.25, 0.3) is 12.0 Å². The molecule has 2 N–H and O–H groups in total. The second-order valence-corrected chi connectivity index (χ2v) is 10.4. The number of aromatic amines is 1. The highest BCUT2D eigenvalue weighted by atomic mass is 32.2. The molecule has 4 rings (SSSR count). The molecule has 2 aromatic heterocycles. The third-order valence-corrected chi connectivity index (χ3v) is 7.88. The van der Waals surface area contributed by atoms with E-state index in [-0.39, 0.29) is 27.6 Å². The summed E-state index contributed by atoms with van der Waals surface area (Å²) < 4.78 is 57.5. The van der Waals surface area contributed by atoms with E-state index in [1.54, 1.807) is 26.0 Å². The van der Waals surface area contributed by atoms with Crippen LogP contribution in [0.5, 0.6) is 0 Å². The van der Waals surface area contributed by atoms with Crippen LogP contribution >= 0.6 is 0 Å². The number of H-pyrrole nitrogens is 1. The summed E-state index contributed by atoms with van der Waals surface area (Å²) in [4.78, 5) is 15.2. The van der Waals surface area contributed by atoms with Crippen LogP contribution in [0.3, 0.4) is 0 Å². The molecular formula is C22H25F2N3O4S. The van der Waals surface area contributed by atoms with Gasteiger partial charge >= 0.3 is 0 Å². The Balaban J connectivity index is 1.92. The van der Waals surface area contributed by atoms with E-state index in [9.17, 15) is 22.0 Å². The van der Waals surface area contributed by atoms with Gasteiger partial charge in [-0.15, -0.1) is 0 Å². The van der Waals surface area contributed by atoms with Gasteiger partial charge in [-0.2, -0.15) is 0 Å². The zero-order valence-corrected chi connectivity index (χ0v) is 18.7. The minimum absolute atomic E-state index is 0.00603. The van der Waals surface area contributed by atoms with Gasteiger partial charge in [0.1, 0.15) is 11.4 Å². The highest BCUT2D eigenvalue weighted by Gasteiger charge is 2.27. The van der Waals surface area contributed by atoms with Crippen LogP contribution in [0, 0.1) is 19.8 Å². The molecule has 0 unspecified atom stereocenters. The van der Waals surface area contributed by atoms with Crippen molar-refractivity contribution in [3.8, 4) is 11.1 Å². The molecule has 32 heavy (non-hydrogen) atoms. The Hall–Kier alpha value is -2.75. The fourth-order valence-electron chi connectivity index (χ4n) is 4.47. The first kappa shape index (κ1) is 22.4. The predicted molar refractivity (Wildman–Crippen MR) is 118 cm³/mol. The maximum Gasteiger partial charge on any atom is 0.271 e. The summed E-state index contributed by atoms with van der Waals surface area (Å²) in [5.74, 6) is 0.613. The number of nitrogens with one attached hydrogen (secondary N) is 2. The van der Waals surface area contributed by atoms with Gasteiger partial charge in [0.15, 0.2) is 9.84 Å². The minimum atomic E-state index is -3.72. The van der Waals surface area contributed by atoms with Crippen LogP contribution in [0.1, 0.15) is 37.1 Å². The van der Waals surface area contributed by atoms with Crippen LogP contribution in [-0.4, -0.2) is 37.3 Å². The Morgan fingerprint density at radius 2 is 1.94 bits per heavy atom. The molecule has 1 saturated carbocycles. The number of halogens is 2. The van der Waals surface area contributed by atoms with E-state index in [4.69, 9.17) is 4.52 Å². The number of hydrogen-bond acceptors (Lipinski definition) is 6. The fourth-order valence-corrected chi connectivity index (χ4v) is 6.41. The van der Waals surface area contributed by atoms with E-state index in [1.807, 2.05) is 0 Å². The molecule has 1 aromatic carbocycles. The Morgan fingerprint density at radius 1 is 1.22 bits per heavy atom. The summed E-state index contributed by atoms with van der Waals surface area (Å²) in [5.41, 5.74) is 1.42. The molecule has 0 aliphatic heterocycles. The molecule has 1 fully saturated rings. The van der Waals surface area contributed by atoms with Crippen LogP contribution < -0.4 is 10.9 Å². The molecule has 7 nitrogen and oxygen atoms in total. The van der Waals surface area contributed by atoms with Crippen molar-refractivity contribution in [2.75, 3.05) is 17.6 Å². The summed E-state index contributed by atoms with van der Waals surface area (Å²) in [5, 5.41) is 6.63. The number of benzene rings is 1. The van der Waals surface area contributed by atoms with Gasteiger partial charge in [0.2, 0.25) is 0 Å². The summed E-state index contributed by atoms with van der Waals surface area (Å²) >= 11 is 0. The van der Waals surface area contributed by atoms with Crippen molar-refractivity contribution in [2.45, 2.75) is 50.9 Å². The number of rotatable bonds is 7. The topological polar surface area (TPSA) is 105 Å². The number of nitrogens with zero attached hydrogens (tertiary/aromatic N) is 1. The number of aromatic nitrogens is 2. The maximum atomic E-state index is 13.5. The SMILES string of the molecule is Cc1noc(C)c1-c1cc(S(=O)(=O)CC2CCCC2)c2cc(NCC(F)F)c(=O)[nH]c2c1. The summed E-state index contributed by atoms with van der Waals surface area (Å²) in [6.07, 6.45) is 1.08. The molecule has 0 saturated heterocycles. The smallest absolute Gasteiger partial charge is 0.271 e. The van der Waals surface area contributed by atoms with Gasteiger partial charge in [-0.05, 0) is 56.4 Å². The standard InChI is InChI=1S/C22H25F2N3O4S/c1-12-21(13(2)31-27-12)15-7-17-16(9-18(22(28)26-17)25-10-20(23)24)19(8-15)32(29,30)11-14-5-3-4-6-14/h7-9,14,20,25H,3-6,10-11H2,1-2H3,(H,26,28). The lowest BCUT2D eigenvalue weighted by molar-refractivity contribution is 0.163. The number of hydrogen-bond donors (Lipinski definition) is 2. The summed E-state index contributed by atoms with van der Waals surface area (Å²) in [7, 11) is -3.72. The summed E-state index contributed by atoms with van der Waals surface area (Å²) in [6.45, 7) is 2.77. The van der Waals surface area contributed by atoms with Crippen molar-refractivity contribution in [3.05, 3.63) is 40.0 Å². The van der Waals surface area contributed by atoms with Gasteiger partial charge < -0.3 is 14.8 Å². The van der Waals surface area contributed by atoms with Crippen molar-refractivity contribution >= 4 is 26.4 Å². The molecule has 0 amide bonds. The van der Waals surface area contributed by atoms with Crippen molar-refractivity contribution in [2.24, 2.45) is 5.92 Å². The lowest BCUT2D eigenvalue weighted by Crippen LogP contribution is -2.19. The van der Waals surface area contributed by atoms with Crippen LogP contribution in [0.25, 0.3) is 22.0 Å². The van der Waals surface area contributed by atoms with Crippen LogP contribution in [0.4, 0.5) is 14.5 Å². The number of sulfone groups is 1. The van der Waals surface area contributed by atoms with Crippen LogP contribution in [-0.2, 0) is 9.84 Å². The Labute approximate surface area is 184 Å². The summed E-state index contributed by atoms with van der Waals surface area (Å²) in [6, 6.07) is 4.57. The van der Waals surface area contributed by atoms with Crippen molar-refractivity contribution in [1.29, 1.82) is 0 Å². The first-order chi connectivity index (χ1) is 15.2. The molecule has 2 heterocycles. The third kappa shape index (κ3) is 4.41. The second-order valence-electron chi connectivity index (χ2n) is 8.35. The molecule has 1 aliphatic carbocycles. The lowest BCUT2D eigenvalue weighted by Gasteiger charge is -2.15. The van der Waals surface area contributed by atoms with Gasteiger partial charge in [0.05, 0.1) is 28.4 Å². The second kappa shape index (κ2) is 8.65. The minimum Gasteiger partial charge on any atom is -0.375 e. The molecule has 10 heteroatoms. The zero-order chi connectivity index (χ0) is 23.0. The predicted octanol–water partition coefficient (Wildman–Crippen LogP) is 4.44. The monoisotopic (exact) mass is 465 g/mol. The lowest BCUT2D eigenvalue weighted by atomic mass is 10.0. The molecule has 1 aliphatic rings. The quantitative estimate of drug-likeness (QED) is 0.534. The fraction of sp³-hybridized carbons (Fsp3) is 0.455. The largest absolute Gasteiger partial charge is 0.375 e. The molecule has 0 radical (unpaired) electrons. The first-order valence-electron chi connectivity index (χ1n) is 10.5. The van der Waals surface area contributed by atoms with E-state index >= 15 is 0 Å². The highest BCUT2D eigenvalue weighted by Crippen LogP contribution is 2.36. The van der Waals surface area contributed by atoms with Gasteiger partial charge in [-0.1, -0.05) is 18.0 Å². The van der Waals surface area contributed by atoms with E-state index < -0.39 is 28.4 Å². The van der Waals surface area contributed by atoms with E-state index in [2.05, 4.69) is 15.5 Å². The Bertz CT molecular complexity index is 1290. The van der Waals surface area contributed by atoms with Crippen molar-refractivity contribution < 1.29 is 21.7 Å². The molecular weight excluding hydrogens is 440 g/mol. The Kier molecular flexibility index (Phi) is 6.07. The first-order valence-corrected chi connectivity index (χ1v) is 12.2. The molecule has 0 bridgehead atoms. The van der Waals surface area contributed by atoms with E-state index in [0.717, 1.165) is 25.7 Å². The van der Waals surface area contributed by atoms with Gasteiger partial charge in [0, 0.05) is 10.9 Å².